The summed E-state index contributed by atoms with van der Waals surface area (Å²) in [6.45, 7) is 4.35. The van der Waals surface area contributed by atoms with Crippen LogP contribution in [0.15, 0.2) is 66.7 Å². The molecule has 0 saturated heterocycles. The Labute approximate surface area is 187 Å². The minimum Gasteiger partial charge on any atom is -0.372 e. The lowest BCUT2D eigenvalue weighted by atomic mass is 9.75. The molecule has 2 unspecified atom stereocenters. The van der Waals surface area contributed by atoms with E-state index in [2.05, 4.69) is 99.6 Å². The van der Waals surface area contributed by atoms with Crippen LogP contribution in [0.25, 0.3) is 22.3 Å². The average Bonchev–Trinajstić information content (AvgIpc) is 2.74. The smallest absolute Gasteiger partial charge is 0.106 e. The van der Waals surface area contributed by atoms with Crippen LogP contribution in [0.2, 0.25) is 0 Å². The van der Waals surface area contributed by atoms with E-state index in [9.17, 15) is 0 Å². The summed E-state index contributed by atoms with van der Waals surface area (Å²) >= 11 is 0. The lowest BCUT2D eigenvalue weighted by Gasteiger charge is -2.45. The Bertz CT molecular complexity index is 994. The molecule has 0 saturated carbocycles. The van der Waals surface area contributed by atoms with Gasteiger partial charge in [-0.2, -0.15) is 0 Å². The van der Waals surface area contributed by atoms with Crippen LogP contribution >= 0.6 is 12.4 Å². The first-order valence-corrected chi connectivity index (χ1v) is 10.4. The third-order valence-corrected chi connectivity index (χ3v) is 6.61. The molecule has 3 aromatic rings. The van der Waals surface area contributed by atoms with Crippen molar-refractivity contribution >= 4 is 12.4 Å². The second-order valence-electron chi connectivity index (χ2n) is 8.64. The van der Waals surface area contributed by atoms with E-state index < -0.39 is 0 Å². The highest BCUT2D eigenvalue weighted by molar-refractivity contribution is 5.85. The highest BCUT2D eigenvalue weighted by atomic mass is 35.5. The van der Waals surface area contributed by atoms with E-state index in [0.717, 1.165) is 12.8 Å². The number of aryl methyl sites for hydroxylation is 2. The van der Waals surface area contributed by atoms with Crippen molar-refractivity contribution in [3.05, 3.63) is 83.4 Å². The van der Waals surface area contributed by atoms with E-state index in [1.165, 1.54) is 38.9 Å². The molecule has 0 amide bonds. The SMILES string of the molecule is COC1(C)c2ccc(-c3ccc(-c4ccc(C)cc4)cc3)cc2CCC1N(C)C.Cl. The van der Waals surface area contributed by atoms with Crippen LogP contribution in [-0.2, 0) is 16.8 Å². The van der Waals surface area contributed by atoms with Crippen LogP contribution in [-0.4, -0.2) is 32.1 Å². The van der Waals surface area contributed by atoms with Crippen LogP contribution < -0.4 is 0 Å². The fourth-order valence-corrected chi connectivity index (χ4v) is 4.81. The molecule has 0 aromatic heterocycles. The van der Waals surface area contributed by atoms with Gasteiger partial charge in [-0.3, -0.25) is 0 Å². The maximum Gasteiger partial charge on any atom is 0.106 e. The van der Waals surface area contributed by atoms with Gasteiger partial charge in [-0.1, -0.05) is 72.3 Å². The number of ether oxygens (including phenoxy) is 1. The zero-order chi connectivity index (χ0) is 20.6. The topological polar surface area (TPSA) is 12.5 Å². The number of rotatable bonds is 4. The predicted molar refractivity (Wildman–Crippen MR) is 129 cm³/mol. The Morgan fingerprint density at radius 2 is 1.33 bits per heavy atom. The molecular formula is C27H32ClNO. The minimum absolute atomic E-state index is 0. The Kier molecular flexibility index (Phi) is 6.71. The molecule has 0 aliphatic heterocycles. The van der Waals surface area contributed by atoms with Crippen molar-refractivity contribution in [2.45, 2.75) is 38.3 Å². The molecule has 0 fully saturated rings. The third kappa shape index (κ3) is 4.05. The van der Waals surface area contributed by atoms with Crippen LogP contribution in [0.1, 0.15) is 30.0 Å². The molecule has 30 heavy (non-hydrogen) atoms. The molecule has 1 aliphatic rings. The number of likely N-dealkylation sites (N-methyl/N-ethyl adjacent to an activating group) is 1. The van der Waals surface area contributed by atoms with Gasteiger partial charge in [0.1, 0.15) is 5.60 Å². The molecule has 0 radical (unpaired) electrons. The molecule has 0 bridgehead atoms. The molecule has 0 heterocycles. The van der Waals surface area contributed by atoms with Crippen molar-refractivity contribution in [1.29, 1.82) is 0 Å². The number of nitrogens with zero attached hydrogens (tertiary/aromatic N) is 1. The summed E-state index contributed by atoms with van der Waals surface area (Å²) < 4.78 is 6.06. The van der Waals surface area contributed by atoms with E-state index in [1.54, 1.807) is 0 Å². The van der Waals surface area contributed by atoms with Gasteiger partial charge in [0.15, 0.2) is 0 Å². The van der Waals surface area contributed by atoms with Crippen molar-refractivity contribution in [2.24, 2.45) is 0 Å². The lowest BCUT2D eigenvalue weighted by molar-refractivity contribution is -0.0686. The largest absolute Gasteiger partial charge is 0.372 e. The van der Waals surface area contributed by atoms with Crippen LogP contribution in [0.4, 0.5) is 0 Å². The molecule has 4 rings (SSSR count). The summed E-state index contributed by atoms with van der Waals surface area (Å²) in [6.07, 6.45) is 2.20. The molecule has 0 N–H and O–H groups in total. The average molecular weight is 422 g/mol. The second kappa shape index (κ2) is 8.93. The fraction of sp³-hybridized carbons (Fsp3) is 0.333. The normalized spacial score (nSPS) is 20.5. The summed E-state index contributed by atoms with van der Waals surface area (Å²) in [6, 6.07) is 24.9. The van der Waals surface area contributed by atoms with E-state index in [1.807, 2.05) is 7.11 Å². The van der Waals surface area contributed by atoms with Gasteiger partial charge in [-0.15, -0.1) is 12.4 Å². The first kappa shape index (κ1) is 22.6. The van der Waals surface area contributed by atoms with Crippen LogP contribution in [0, 0.1) is 6.92 Å². The zero-order valence-electron chi connectivity index (χ0n) is 18.6. The minimum atomic E-state index is -0.273. The van der Waals surface area contributed by atoms with Crippen molar-refractivity contribution in [2.75, 3.05) is 21.2 Å². The Balaban J connectivity index is 0.00000256. The monoisotopic (exact) mass is 421 g/mol. The molecule has 1 aliphatic carbocycles. The van der Waals surface area contributed by atoms with Crippen molar-refractivity contribution in [3.63, 3.8) is 0 Å². The Hall–Kier alpha value is -2.13. The summed E-state index contributed by atoms with van der Waals surface area (Å²) in [5.41, 5.74) is 8.81. The van der Waals surface area contributed by atoms with Gasteiger partial charge in [-0.05, 0) is 74.2 Å². The standard InChI is InChI=1S/C27H31NO.ClH/c1-19-6-8-20(9-7-19)21-10-12-22(13-11-21)23-14-16-25-24(18-23)15-17-26(28(3)4)27(25,2)29-5;/h6-14,16,18,26H,15,17H2,1-5H3;1H. The van der Waals surface area contributed by atoms with Crippen LogP contribution in [0.5, 0.6) is 0 Å². The van der Waals surface area contributed by atoms with Gasteiger partial charge in [0.2, 0.25) is 0 Å². The molecule has 158 valence electrons. The molecular weight excluding hydrogens is 390 g/mol. The predicted octanol–water partition coefficient (Wildman–Crippen LogP) is 6.49. The number of hydrogen-bond acceptors (Lipinski definition) is 2. The Morgan fingerprint density at radius 3 is 1.87 bits per heavy atom. The number of benzene rings is 3. The van der Waals surface area contributed by atoms with Crippen molar-refractivity contribution in [1.82, 2.24) is 4.90 Å². The van der Waals surface area contributed by atoms with E-state index in [-0.39, 0.29) is 18.0 Å². The number of methoxy groups -OCH3 is 1. The molecule has 2 atom stereocenters. The zero-order valence-corrected chi connectivity index (χ0v) is 19.4. The van der Waals surface area contributed by atoms with Gasteiger partial charge in [0, 0.05) is 13.2 Å². The highest BCUT2D eigenvalue weighted by Gasteiger charge is 2.41. The van der Waals surface area contributed by atoms with E-state index in [0.29, 0.717) is 6.04 Å². The fourth-order valence-electron chi connectivity index (χ4n) is 4.81. The second-order valence-corrected chi connectivity index (χ2v) is 8.64. The van der Waals surface area contributed by atoms with Crippen molar-refractivity contribution < 1.29 is 4.74 Å². The first-order chi connectivity index (χ1) is 13.9. The maximum atomic E-state index is 6.06. The Morgan fingerprint density at radius 1 is 0.833 bits per heavy atom. The number of hydrogen-bond donors (Lipinski definition) is 0. The van der Waals surface area contributed by atoms with Gasteiger partial charge in [0.25, 0.3) is 0 Å². The molecule has 3 heteroatoms. The quantitative estimate of drug-likeness (QED) is 0.477. The van der Waals surface area contributed by atoms with Crippen LogP contribution in [0.3, 0.4) is 0 Å². The van der Waals surface area contributed by atoms with E-state index >= 15 is 0 Å². The van der Waals surface area contributed by atoms with Gasteiger partial charge >= 0.3 is 0 Å². The summed E-state index contributed by atoms with van der Waals surface area (Å²) in [5.74, 6) is 0. The maximum absolute atomic E-state index is 6.06. The summed E-state index contributed by atoms with van der Waals surface area (Å²) in [5, 5.41) is 0. The lowest BCUT2D eigenvalue weighted by Crippen LogP contribution is -2.50. The van der Waals surface area contributed by atoms with E-state index in [4.69, 9.17) is 4.74 Å². The van der Waals surface area contributed by atoms with Crippen molar-refractivity contribution in [3.8, 4) is 22.3 Å². The summed E-state index contributed by atoms with van der Waals surface area (Å²) in [4.78, 5) is 2.30. The third-order valence-electron chi connectivity index (χ3n) is 6.61. The number of fused-ring (bicyclic) bond motifs is 1. The molecule has 0 spiro atoms. The molecule has 3 aromatic carbocycles. The highest BCUT2D eigenvalue weighted by Crippen LogP contribution is 2.41. The number of halogens is 1. The summed E-state index contributed by atoms with van der Waals surface area (Å²) in [7, 11) is 6.14. The van der Waals surface area contributed by atoms with Gasteiger partial charge < -0.3 is 9.64 Å². The molecule has 2 nitrogen and oxygen atoms in total. The van der Waals surface area contributed by atoms with Gasteiger partial charge in [-0.25, -0.2) is 0 Å². The first-order valence-electron chi connectivity index (χ1n) is 10.4. The van der Waals surface area contributed by atoms with Gasteiger partial charge in [0.05, 0.1) is 0 Å².